The summed E-state index contributed by atoms with van der Waals surface area (Å²) >= 11 is 0. The van der Waals surface area contributed by atoms with Gasteiger partial charge < -0.3 is 14.1 Å². The molecule has 0 amide bonds. The number of nitrogens with zero attached hydrogens (tertiary/aromatic N) is 2. The zero-order chi connectivity index (χ0) is 13.1. The molecule has 1 aliphatic rings. The number of piperidine rings is 1. The average molecular weight is 252 g/mol. The zero-order valence-electron chi connectivity index (χ0n) is 11.2. The van der Waals surface area contributed by atoms with Crippen molar-refractivity contribution < 1.29 is 13.9 Å². The smallest absolute Gasteiger partial charge is 0.360 e. The molecule has 1 aliphatic heterocycles. The van der Waals surface area contributed by atoms with Crippen molar-refractivity contribution in [3.63, 3.8) is 0 Å². The van der Waals surface area contributed by atoms with Gasteiger partial charge in [0.05, 0.1) is 6.61 Å². The van der Waals surface area contributed by atoms with Gasteiger partial charge in [-0.1, -0.05) is 6.92 Å². The third-order valence-corrected chi connectivity index (χ3v) is 3.34. The van der Waals surface area contributed by atoms with Gasteiger partial charge >= 0.3 is 5.97 Å². The number of hydrogen-bond donors (Lipinski definition) is 0. The van der Waals surface area contributed by atoms with E-state index in [0.717, 1.165) is 13.0 Å². The summed E-state index contributed by atoms with van der Waals surface area (Å²) in [6, 6.07) is 0.923. The Morgan fingerprint density at radius 2 is 2.33 bits per heavy atom. The van der Waals surface area contributed by atoms with Gasteiger partial charge in [-0.3, -0.25) is 0 Å². The fourth-order valence-corrected chi connectivity index (χ4v) is 2.25. The number of rotatable bonds is 3. The number of ether oxygens (including phenoxy) is 1. The minimum absolute atomic E-state index is 0.247. The van der Waals surface area contributed by atoms with Crippen molar-refractivity contribution in [3.05, 3.63) is 12.0 Å². The topological polar surface area (TPSA) is 55.6 Å². The molecule has 0 bridgehead atoms. The largest absolute Gasteiger partial charge is 0.461 e. The SMILES string of the molecule is CCOC(=O)c1coc(N2CC(C)CCC2C)n1. The molecule has 0 N–H and O–H groups in total. The van der Waals surface area contributed by atoms with Crippen molar-refractivity contribution in [1.29, 1.82) is 0 Å². The van der Waals surface area contributed by atoms with E-state index in [0.29, 0.717) is 24.6 Å². The van der Waals surface area contributed by atoms with E-state index in [4.69, 9.17) is 9.15 Å². The lowest BCUT2D eigenvalue weighted by Gasteiger charge is -2.35. The number of carbonyl (C=O) groups excluding carboxylic acids is 1. The first-order valence-electron chi connectivity index (χ1n) is 6.51. The fraction of sp³-hybridized carbons (Fsp3) is 0.692. The van der Waals surface area contributed by atoms with Crippen LogP contribution in [0, 0.1) is 5.92 Å². The van der Waals surface area contributed by atoms with E-state index in [1.807, 2.05) is 0 Å². The lowest BCUT2D eigenvalue weighted by Crippen LogP contribution is -2.41. The minimum Gasteiger partial charge on any atom is -0.461 e. The summed E-state index contributed by atoms with van der Waals surface area (Å²) in [6.07, 6.45) is 3.72. The molecule has 1 fully saturated rings. The highest BCUT2D eigenvalue weighted by atomic mass is 16.5. The second-order valence-corrected chi connectivity index (χ2v) is 4.92. The fourth-order valence-electron chi connectivity index (χ4n) is 2.25. The van der Waals surface area contributed by atoms with Gasteiger partial charge in [0.15, 0.2) is 5.69 Å². The normalized spacial score (nSPS) is 24.1. The Morgan fingerprint density at radius 3 is 3.06 bits per heavy atom. The summed E-state index contributed by atoms with van der Waals surface area (Å²) < 4.78 is 10.3. The molecule has 1 aromatic rings. The van der Waals surface area contributed by atoms with Crippen molar-refractivity contribution >= 4 is 12.0 Å². The Labute approximate surface area is 107 Å². The molecule has 2 rings (SSSR count). The Bertz CT molecular complexity index is 416. The van der Waals surface area contributed by atoms with Crippen molar-refractivity contribution in [2.75, 3.05) is 18.1 Å². The molecule has 5 heteroatoms. The third kappa shape index (κ3) is 2.66. The minimum atomic E-state index is -0.426. The number of esters is 1. The number of oxazole rings is 1. The second-order valence-electron chi connectivity index (χ2n) is 4.92. The van der Waals surface area contributed by atoms with Crippen LogP contribution in [0.4, 0.5) is 6.01 Å². The molecular formula is C13H20N2O3. The van der Waals surface area contributed by atoms with Crippen LogP contribution in [0.25, 0.3) is 0 Å². The second kappa shape index (κ2) is 5.42. The zero-order valence-corrected chi connectivity index (χ0v) is 11.2. The van der Waals surface area contributed by atoms with E-state index in [2.05, 4.69) is 23.7 Å². The van der Waals surface area contributed by atoms with Crippen LogP contribution in [-0.2, 0) is 4.74 Å². The van der Waals surface area contributed by atoms with Gasteiger partial charge in [-0.2, -0.15) is 4.98 Å². The molecule has 5 nitrogen and oxygen atoms in total. The third-order valence-electron chi connectivity index (χ3n) is 3.34. The van der Waals surface area contributed by atoms with Crippen molar-refractivity contribution in [2.24, 2.45) is 5.92 Å². The van der Waals surface area contributed by atoms with Gasteiger partial charge in [-0.25, -0.2) is 4.79 Å². The molecule has 0 spiro atoms. The van der Waals surface area contributed by atoms with E-state index in [1.165, 1.54) is 12.7 Å². The van der Waals surface area contributed by atoms with E-state index in [-0.39, 0.29) is 5.69 Å². The number of anilines is 1. The molecular weight excluding hydrogens is 232 g/mol. The van der Waals surface area contributed by atoms with Gasteiger partial charge in [0.2, 0.25) is 0 Å². The predicted molar refractivity (Wildman–Crippen MR) is 67.7 cm³/mol. The van der Waals surface area contributed by atoms with Crippen LogP contribution < -0.4 is 4.90 Å². The van der Waals surface area contributed by atoms with Gasteiger partial charge in [0, 0.05) is 12.6 Å². The molecule has 0 saturated carbocycles. The van der Waals surface area contributed by atoms with Gasteiger partial charge in [-0.05, 0) is 32.6 Å². The maximum atomic E-state index is 11.5. The molecule has 0 radical (unpaired) electrons. The molecule has 1 saturated heterocycles. The van der Waals surface area contributed by atoms with Crippen LogP contribution in [0.1, 0.15) is 44.1 Å². The predicted octanol–water partition coefficient (Wildman–Crippen LogP) is 2.48. The van der Waals surface area contributed by atoms with Crippen LogP contribution in [-0.4, -0.2) is 30.1 Å². The Hall–Kier alpha value is -1.52. The highest BCUT2D eigenvalue weighted by Crippen LogP contribution is 2.26. The lowest BCUT2D eigenvalue weighted by molar-refractivity contribution is 0.0519. The van der Waals surface area contributed by atoms with Crippen LogP contribution >= 0.6 is 0 Å². The molecule has 2 unspecified atom stereocenters. The summed E-state index contributed by atoms with van der Waals surface area (Å²) in [5.41, 5.74) is 0.247. The van der Waals surface area contributed by atoms with E-state index < -0.39 is 5.97 Å². The number of aromatic nitrogens is 1. The van der Waals surface area contributed by atoms with Crippen LogP contribution in [0.15, 0.2) is 10.7 Å². The Kier molecular flexibility index (Phi) is 3.89. The van der Waals surface area contributed by atoms with Gasteiger partial charge in [-0.15, -0.1) is 0 Å². The van der Waals surface area contributed by atoms with Crippen LogP contribution in [0.2, 0.25) is 0 Å². The first-order chi connectivity index (χ1) is 8.61. The van der Waals surface area contributed by atoms with Crippen LogP contribution in [0.3, 0.4) is 0 Å². The summed E-state index contributed by atoms with van der Waals surface area (Å²) in [5.74, 6) is 0.198. The first kappa shape index (κ1) is 12.9. The summed E-state index contributed by atoms with van der Waals surface area (Å²) in [7, 11) is 0. The average Bonchev–Trinajstić information content (AvgIpc) is 2.82. The van der Waals surface area contributed by atoms with Crippen molar-refractivity contribution in [1.82, 2.24) is 4.98 Å². The lowest BCUT2D eigenvalue weighted by atomic mass is 9.95. The van der Waals surface area contributed by atoms with Gasteiger partial charge in [0.25, 0.3) is 6.01 Å². The molecule has 2 heterocycles. The molecule has 2 atom stereocenters. The summed E-state index contributed by atoms with van der Waals surface area (Å²) in [5, 5.41) is 0. The molecule has 18 heavy (non-hydrogen) atoms. The van der Waals surface area contributed by atoms with Crippen LogP contribution in [0.5, 0.6) is 0 Å². The summed E-state index contributed by atoms with van der Waals surface area (Å²) in [6.45, 7) is 7.41. The molecule has 100 valence electrons. The highest BCUT2D eigenvalue weighted by Gasteiger charge is 2.27. The first-order valence-corrected chi connectivity index (χ1v) is 6.51. The molecule has 1 aromatic heterocycles. The van der Waals surface area contributed by atoms with E-state index >= 15 is 0 Å². The highest BCUT2D eigenvalue weighted by molar-refractivity contribution is 5.87. The number of carbonyl (C=O) groups is 1. The van der Waals surface area contributed by atoms with Crippen molar-refractivity contribution in [3.8, 4) is 0 Å². The Balaban J connectivity index is 2.11. The quantitative estimate of drug-likeness (QED) is 0.773. The Morgan fingerprint density at radius 1 is 1.56 bits per heavy atom. The number of hydrogen-bond acceptors (Lipinski definition) is 5. The summed E-state index contributed by atoms with van der Waals surface area (Å²) in [4.78, 5) is 17.9. The monoisotopic (exact) mass is 252 g/mol. The standard InChI is InChI=1S/C13H20N2O3/c1-4-17-12(16)11-8-18-13(14-11)15-7-9(2)5-6-10(15)3/h8-10H,4-7H2,1-3H3. The maximum Gasteiger partial charge on any atom is 0.360 e. The van der Waals surface area contributed by atoms with Crippen molar-refractivity contribution in [2.45, 2.75) is 39.7 Å². The van der Waals surface area contributed by atoms with E-state index in [9.17, 15) is 4.79 Å². The van der Waals surface area contributed by atoms with E-state index in [1.54, 1.807) is 6.92 Å². The van der Waals surface area contributed by atoms with Gasteiger partial charge in [0.1, 0.15) is 6.26 Å². The molecule has 0 aliphatic carbocycles. The maximum absolute atomic E-state index is 11.5. The molecule has 0 aromatic carbocycles.